The zero-order valence-corrected chi connectivity index (χ0v) is 37.4. The number of rotatable bonds is 7. The Labute approximate surface area is 398 Å². The molecule has 322 valence electrons. The average molecular weight is 880 g/mol. The van der Waals surface area contributed by atoms with Crippen molar-refractivity contribution in [3.05, 3.63) is 271 Å². The van der Waals surface area contributed by atoms with Crippen LogP contribution in [-0.2, 0) is 5.41 Å². The standard InChI is InChI=1S/C64H41N5/c1-6-20-42(21-7-1)45-34-36-57-51(38-45)52-39-46(43-22-8-2-9-23-43)35-37-58(52)69(57)63-66-61(44-24-10-3-11-25-44)65-62(67-63)47-40-53-50-30-16-18-32-56(50)68-59-33-19-17-31-54(59)64(55(41-47)60(53)68,48-26-12-4-13-27-48)49-28-14-5-15-29-49/h1-41H. The van der Waals surface area contributed by atoms with E-state index < -0.39 is 5.41 Å². The summed E-state index contributed by atoms with van der Waals surface area (Å²) in [7, 11) is 0. The summed E-state index contributed by atoms with van der Waals surface area (Å²) in [5.74, 6) is 1.75. The van der Waals surface area contributed by atoms with Crippen molar-refractivity contribution in [3.8, 4) is 56.7 Å². The molecule has 0 aliphatic carbocycles. The van der Waals surface area contributed by atoms with Crippen LogP contribution in [0.5, 0.6) is 0 Å². The fourth-order valence-electron chi connectivity index (χ4n) is 11.2. The smallest absolute Gasteiger partial charge is 0.238 e. The summed E-state index contributed by atoms with van der Waals surface area (Å²) in [5, 5.41) is 4.57. The first-order chi connectivity index (χ1) is 34.2. The summed E-state index contributed by atoms with van der Waals surface area (Å²) >= 11 is 0. The Morgan fingerprint density at radius 1 is 0.290 bits per heavy atom. The molecule has 0 atom stereocenters. The molecule has 0 spiro atoms. The highest BCUT2D eigenvalue weighted by Gasteiger charge is 2.45. The normalized spacial score (nSPS) is 12.8. The minimum absolute atomic E-state index is 0.553. The Bertz CT molecular complexity index is 3970. The van der Waals surface area contributed by atoms with E-state index in [4.69, 9.17) is 15.0 Å². The van der Waals surface area contributed by atoms with Crippen LogP contribution < -0.4 is 0 Å². The topological polar surface area (TPSA) is 48.5 Å². The molecule has 0 unspecified atom stereocenters. The van der Waals surface area contributed by atoms with Crippen LogP contribution in [-0.4, -0.2) is 24.1 Å². The molecule has 5 nitrogen and oxygen atoms in total. The third-order valence-electron chi connectivity index (χ3n) is 14.2. The van der Waals surface area contributed by atoms with Gasteiger partial charge in [-0.3, -0.25) is 4.57 Å². The third kappa shape index (κ3) is 5.94. The van der Waals surface area contributed by atoms with Crippen molar-refractivity contribution in [2.45, 2.75) is 5.41 Å². The molecular weight excluding hydrogens is 839 g/mol. The SMILES string of the molecule is c1ccc(-c2ccc3c(c2)c2cc(-c4ccccc4)ccc2n3-c2nc(-c3ccccc3)nc(-c3cc4c5c(c3)c3ccccc3n5-c3ccccc3C4(c3ccccc3)c3ccccc3)n2)cc1. The lowest BCUT2D eigenvalue weighted by Gasteiger charge is -2.42. The largest absolute Gasteiger partial charge is 0.309 e. The maximum atomic E-state index is 5.59. The van der Waals surface area contributed by atoms with Gasteiger partial charge < -0.3 is 4.57 Å². The number of hydrogen-bond donors (Lipinski definition) is 0. The maximum absolute atomic E-state index is 5.59. The monoisotopic (exact) mass is 879 g/mol. The molecule has 0 radical (unpaired) electrons. The van der Waals surface area contributed by atoms with E-state index in [1.54, 1.807) is 0 Å². The van der Waals surface area contributed by atoms with E-state index in [-0.39, 0.29) is 0 Å². The highest BCUT2D eigenvalue weighted by molar-refractivity contribution is 6.14. The van der Waals surface area contributed by atoms with Crippen molar-refractivity contribution in [2.75, 3.05) is 0 Å². The lowest BCUT2D eigenvalue weighted by Crippen LogP contribution is -2.35. The first kappa shape index (κ1) is 39.0. The van der Waals surface area contributed by atoms with E-state index in [1.165, 1.54) is 50.0 Å². The molecule has 0 bridgehead atoms. The number of nitrogens with zero attached hydrogens (tertiary/aromatic N) is 5. The number of aromatic nitrogens is 5. The molecule has 0 amide bonds. The third-order valence-corrected chi connectivity index (χ3v) is 14.2. The van der Waals surface area contributed by atoms with Crippen LogP contribution in [0.25, 0.3) is 100 Å². The van der Waals surface area contributed by atoms with Crippen LogP contribution >= 0.6 is 0 Å². The van der Waals surface area contributed by atoms with Crippen molar-refractivity contribution in [1.82, 2.24) is 24.1 Å². The van der Waals surface area contributed by atoms with E-state index >= 15 is 0 Å². The van der Waals surface area contributed by atoms with Crippen molar-refractivity contribution in [2.24, 2.45) is 0 Å². The molecule has 69 heavy (non-hydrogen) atoms. The molecule has 10 aromatic carbocycles. The minimum atomic E-state index is -0.685. The summed E-state index contributed by atoms with van der Waals surface area (Å²) < 4.78 is 4.71. The fourth-order valence-corrected chi connectivity index (χ4v) is 11.2. The number of benzene rings is 10. The Hall–Kier alpha value is -9.19. The van der Waals surface area contributed by atoms with Crippen LogP contribution in [0.4, 0.5) is 0 Å². The Morgan fingerprint density at radius 2 is 0.754 bits per heavy atom. The Morgan fingerprint density at radius 3 is 1.35 bits per heavy atom. The average Bonchev–Trinajstić information content (AvgIpc) is 3.95. The Balaban J connectivity index is 1.09. The highest BCUT2D eigenvalue weighted by Crippen LogP contribution is 2.55. The van der Waals surface area contributed by atoms with Gasteiger partial charge in [0.05, 0.1) is 33.2 Å². The van der Waals surface area contributed by atoms with Gasteiger partial charge in [0, 0.05) is 32.7 Å². The van der Waals surface area contributed by atoms with Crippen molar-refractivity contribution in [1.29, 1.82) is 0 Å². The van der Waals surface area contributed by atoms with Gasteiger partial charge in [0.1, 0.15) is 0 Å². The van der Waals surface area contributed by atoms with E-state index in [0.29, 0.717) is 17.6 Å². The molecule has 1 aliphatic heterocycles. The number of para-hydroxylation sites is 2. The van der Waals surface area contributed by atoms with Crippen LogP contribution in [0, 0.1) is 0 Å². The van der Waals surface area contributed by atoms with Crippen LogP contribution in [0.2, 0.25) is 0 Å². The first-order valence-electron chi connectivity index (χ1n) is 23.5. The second kappa shape index (κ2) is 15.4. The Kier molecular flexibility index (Phi) is 8.73. The second-order valence-corrected chi connectivity index (χ2v) is 18.0. The summed E-state index contributed by atoms with van der Waals surface area (Å²) in [6, 6.07) is 89.4. The minimum Gasteiger partial charge on any atom is -0.309 e. The highest BCUT2D eigenvalue weighted by atomic mass is 15.2. The predicted octanol–water partition coefficient (Wildman–Crippen LogP) is 15.4. The van der Waals surface area contributed by atoms with Gasteiger partial charge in [-0.25, -0.2) is 4.98 Å². The second-order valence-electron chi connectivity index (χ2n) is 18.0. The van der Waals surface area contributed by atoms with Crippen LogP contribution in [0.1, 0.15) is 22.3 Å². The van der Waals surface area contributed by atoms with Crippen molar-refractivity contribution < 1.29 is 0 Å². The zero-order chi connectivity index (χ0) is 45.5. The van der Waals surface area contributed by atoms with Gasteiger partial charge in [0.25, 0.3) is 0 Å². The van der Waals surface area contributed by atoms with E-state index in [0.717, 1.165) is 55.0 Å². The van der Waals surface area contributed by atoms with Crippen LogP contribution in [0.15, 0.2) is 249 Å². The van der Waals surface area contributed by atoms with Gasteiger partial charge in [-0.1, -0.05) is 200 Å². The molecule has 0 fully saturated rings. The molecule has 0 saturated carbocycles. The van der Waals surface area contributed by atoms with Crippen molar-refractivity contribution >= 4 is 43.6 Å². The van der Waals surface area contributed by atoms with Gasteiger partial charge in [0.15, 0.2) is 11.6 Å². The van der Waals surface area contributed by atoms with Crippen molar-refractivity contribution in [3.63, 3.8) is 0 Å². The first-order valence-corrected chi connectivity index (χ1v) is 23.5. The van der Waals surface area contributed by atoms with Gasteiger partial charge in [-0.05, 0) is 93.0 Å². The van der Waals surface area contributed by atoms with Gasteiger partial charge >= 0.3 is 0 Å². The molecule has 14 rings (SSSR count). The molecule has 3 aromatic heterocycles. The molecule has 0 N–H and O–H groups in total. The van der Waals surface area contributed by atoms with E-state index in [2.05, 4.69) is 240 Å². The molecular formula is C64H41N5. The summed E-state index contributed by atoms with van der Waals surface area (Å²) in [6.07, 6.45) is 0. The molecule has 13 aromatic rings. The molecule has 5 heteroatoms. The fraction of sp³-hybridized carbons (Fsp3) is 0.0156. The number of fused-ring (bicyclic) bond motifs is 8. The quantitative estimate of drug-likeness (QED) is 0.160. The lowest BCUT2D eigenvalue weighted by molar-refractivity contribution is 0.728. The van der Waals surface area contributed by atoms with E-state index in [9.17, 15) is 0 Å². The van der Waals surface area contributed by atoms with E-state index in [1.807, 2.05) is 18.2 Å². The summed E-state index contributed by atoms with van der Waals surface area (Å²) in [6.45, 7) is 0. The van der Waals surface area contributed by atoms with Gasteiger partial charge in [-0.15, -0.1) is 0 Å². The lowest BCUT2D eigenvalue weighted by atomic mass is 9.63. The maximum Gasteiger partial charge on any atom is 0.238 e. The van der Waals surface area contributed by atoms with Gasteiger partial charge in [-0.2, -0.15) is 9.97 Å². The summed E-state index contributed by atoms with van der Waals surface area (Å²) in [4.78, 5) is 16.4. The molecule has 0 saturated heterocycles. The van der Waals surface area contributed by atoms with Gasteiger partial charge in [0.2, 0.25) is 5.95 Å². The zero-order valence-electron chi connectivity index (χ0n) is 37.4. The molecule has 4 heterocycles. The summed E-state index contributed by atoms with van der Waals surface area (Å²) in [5.41, 5.74) is 16.1. The molecule has 1 aliphatic rings. The number of hydrogen-bond acceptors (Lipinski definition) is 3. The predicted molar refractivity (Wildman–Crippen MR) is 282 cm³/mol. The van der Waals surface area contributed by atoms with Crippen LogP contribution in [0.3, 0.4) is 0 Å².